The van der Waals surface area contributed by atoms with E-state index in [1.54, 1.807) is 0 Å². The number of rotatable bonds is 4. The maximum Gasteiger partial charge on any atom is 0.341 e. The summed E-state index contributed by atoms with van der Waals surface area (Å²) in [6, 6.07) is 1.45. The quantitative estimate of drug-likeness (QED) is 0.511. The Morgan fingerprint density at radius 1 is 1.47 bits per heavy atom. The van der Waals surface area contributed by atoms with E-state index in [1.165, 1.54) is 6.92 Å². The van der Waals surface area contributed by atoms with Gasteiger partial charge in [0.25, 0.3) is 5.69 Å². The monoisotopic (exact) mass is 270 g/mol. The molecule has 0 bridgehead atoms. The van der Waals surface area contributed by atoms with Crippen LogP contribution in [0.15, 0.2) is 12.1 Å². The highest BCUT2D eigenvalue weighted by Gasteiger charge is 2.23. The number of nitro groups is 1. The fourth-order valence-electron chi connectivity index (χ4n) is 1.37. The summed E-state index contributed by atoms with van der Waals surface area (Å²) < 4.78 is 18.2. The third-order valence-corrected chi connectivity index (χ3v) is 2.09. The van der Waals surface area contributed by atoms with Crippen molar-refractivity contribution in [3.63, 3.8) is 0 Å². The van der Waals surface area contributed by atoms with Gasteiger partial charge in [-0.05, 0) is 6.92 Å². The van der Waals surface area contributed by atoms with Crippen molar-refractivity contribution >= 4 is 23.3 Å². The Labute approximate surface area is 107 Å². The van der Waals surface area contributed by atoms with E-state index in [0.717, 1.165) is 13.0 Å². The highest BCUT2D eigenvalue weighted by atomic mass is 19.1. The molecule has 102 valence electrons. The lowest BCUT2D eigenvalue weighted by Crippen LogP contribution is -2.12. The number of ether oxygens (including phenoxy) is 1. The molecule has 7 nitrogen and oxygen atoms in total. The van der Waals surface area contributed by atoms with Crippen LogP contribution >= 0.6 is 0 Å². The Hall–Kier alpha value is -2.51. The molecule has 0 saturated carbocycles. The summed E-state index contributed by atoms with van der Waals surface area (Å²) in [6.07, 6.45) is 0. The number of anilines is 1. The lowest BCUT2D eigenvalue weighted by Gasteiger charge is -2.07. The van der Waals surface area contributed by atoms with Crippen LogP contribution < -0.4 is 5.32 Å². The van der Waals surface area contributed by atoms with E-state index in [1.807, 2.05) is 0 Å². The minimum Gasteiger partial charge on any atom is -0.462 e. The van der Waals surface area contributed by atoms with Gasteiger partial charge in [0, 0.05) is 19.1 Å². The normalized spacial score (nSPS) is 9.84. The Bertz CT molecular complexity index is 544. The molecule has 0 aliphatic heterocycles. The summed E-state index contributed by atoms with van der Waals surface area (Å²) in [5.74, 6) is -2.60. The maximum atomic E-state index is 13.6. The molecule has 0 radical (unpaired) electrons. The number of carbonyl (C=O) groups is 2. The summed E-state index contributed by atoms with van der Waals surface area (Å²) in [6.45, 7) is 2.66. The standard InChI is InChI=1S/C11H11FN2O5/c1-3-19-11(16)7-4-10(14(17)18)9(5-8(7)12)13-6(2)15/h4-5H,3H2,1-2H3,(H,13,15). The molecular weight excluding hydrogens is 259 g/mol. The molecule has 0 unspecified atom stereocenters. The second-order valence-corrected chi connectivity index (χ2v) is 3.51. The molecule has 0 saturated heterocycles. The number of hydrogen-bond acceptors (Lipinski definition) is 5. The van der Waals surface area contributed by atoms with E-state index in [2.05, 4.69) is 10.1 Å². The van der Waals surface area contributed by atoms with Gasteiger partial charge in [-0.1, -0.05) is 0 Å². The Balaban J connectivity index is 3.31. The summed E-state index contributed by atoms with van der Waals surface area (Å²) >= 11 is 0. The number of halogens is 1. The number of nitrogens with one attached hydrogen (secondary N) is 1. The van der Waals surface area contributed by atoms with Crippen LogP contribution in [0.1, 0.15) is 24.2 Å². The number of hydrogen-bond donors (Lipinski definition) is 1. The highest BCUT2D eigenvalue weighted by Crippen LogP contribution is 2.28. The van der Waals surface area contributed by atoms with Crippen LogP contribution in [0.3, 0.4) is 0 Å². The van der Waals surface area contributed by atoms with Crippen LogP contribution in [-0.4, -0.2) is 23.4 Å². The van der Waals surface area contributed by atoms with Crippen molar-refractivity contribution in [3.05, 3.63) is 33.6 Å². The van der Waals surface area contributed by atoms with Crippen molar-refractivity contribution in [2.24, 2.45) is 0 Å². The van der Waals surface area contributed by atoms with Gasteiger partial charge in [0.2, 0.25) is 5.91 Å². The smallest absolute Gasteiger partial charge is 0.341 e. The Morgan fingerprint density at radius 3 is 2.58 bits per heavy atom. The SMILES string of the molecule is CCOC(=O)c1cc([N+](=O)[O-])c(NC(C)=O)cc1F. The molecule has 1 rings (SSSR count). The third kappa shape index (κ3) is 3.47. The largest absolute Gasteiger partial charge is 0.462 e. The average molecular weight is 270 g/mol. The number of nitrogens with zero attached hydrogens (tertiary/aromatic N) is 1. The first kappa shape index (κ1) is 14.6. The van der Waals surface area contributed by atoms with Gasteiger partial charge in [0.15, 0.2) is 0 Å². The molecule has 1 aromatic rings. The molecule has 0 spiro atoms. The zero-order valence-electron chi connectivity index (χ0n) is 10.2. The summed E-state index contributed by atoms with van der Waals surface area (Å²) in [5, 5.41) is 12.9. The molecule has 0 heterocycles. The average Bonchev–Trinajstić information content (AvgIpc) is 2.27. The summed E-state index contributed by atoms with van der Waals surface area (Å²) in [4.78, 5) is 32.3. The molecule has 0 aliphatic rings. The van der Waals surface area contributed by atoms with Gasteiger partial charge in [-0.15, -0.1) is 0 Å². The van der Waals surface area contributed by atoms with Gasteiger partial charge in [-0.3, -0.25) is 14.9 Å². The molecule has 0 aliphatic carbocycles. The minimum atomic E-state index is -1.01. The minimum absolute atomic E-state index is 0.0134. The van der Waals surface area contributed by atoms with E-state index in [9.17, 15) is 24.1 Å². The van der Waals surface area contributed by atoms with Crippen LogP contribution in [0.4, 0.5) is 15.8 Å². The van der Waals surface area contributed by atoms with E-state index in [-0.39, 0.29) is 12.3 Å². The van der Waals surface area contributed by atoms with Gasteiger partial charge >= 0.3 is 5.97 Å². The summed E-state index contributed by atoms with van der Waals surface area (Å²) in [7, 11) is 0. The molecule has 0 fully saturated rings. The maximum absolute atomic E-state index is 13.6. The second kappa shape index (κ2) is 5.89. The van der Waals surface area contributed by atoms with E-state index >= 15 is 0 Å². The van der Waals surface area contributed by atoms with E-state index in [0.29, 0.717) is 6.07 Å². The topological polar surface area (TPSA) is 98.5 Å². The highest BCUT2D eigenvalue weighted by molar-refractivity contribution is 5.95. The predicted molar refractivity (Wildman–Crippen MR) is 63.3 cm³/mol. The molecule has 0 aromatic heterocycles. The molecule has 0 atom stereocenters. The Kier molecular flexibility index (Phi) is 4.51. The third-order valence-electron chi connectivity index (χ3n) is 2.09. The van der Waals surface area contributed by atoms with E-state index in [4.69, 9.17) is 0 Å². The first-order valence-electron chi connectivity index (χ1n) is 5.29. The fraction of sp³-hybridized carbons (Fsp3) is 0.273. The number of nitro benzene ring substituents is 1. The van der Waals surface area contributed by atoms with Crippen molar-refractivity contribution in [3.8, 4) is 0 Å². The number of amides is 1. The van der Waals surface area contributed by atoms with Crippen LogP contribution in [0.25, 0.3) is 0 Å². The van der Waals surface area contributed by atoms with Gasteiger partial charge in [0.05, 0.1) is 11.5 Å². The lowest BCUT2D eigenvalue weighted by molar-refractivity contribution is -0.384. The van der Waals surface area contributed by atoms with Crippen molar-refractivity contribution in [2.75, 3.05) is 11.9 Å². The van der Waals surface area contributed by atoms with Crippen LogP contribution in [0.2, 0.25) is 0 Å². The van der Waals surface area contributed by atoms with Crippen molar-refractivity contribution in [1.82, 2.24) is 0 Å². The zero-order valence-corrected chi connectivity index (χ0v) is 10.2. The fourth-order valence-corrected chi connectivity index (χ4v) is 1.37. The second-order valence-electron chi connectivity index (χ2n) is 3.51. The van der Waals surface area contributed by atoms with Crippen molar-refractivity contribution in [1.29, 1.82) is 0 Å². The summed E-state index contributed by atoms with van der Waals surface area (Å²) in [5.41, 5.74) is -1.45. The number of esters is 1. The first-order chi connectivity index (χ1) is 8.86. The molecule has 8 heteroatoms. The molecule has 1 N–H and O–H groups in total. The molecule has 1 amide bonds. The van der Waals surface area contributed by atoms with Gasteiger partial charge in [0.1, 0.15) is 17.1 Å². The predicted octanol–water partition coefficient (Wildman–Crippen LogP) is 1.87. The number of carbonyl (C=O) groups excluding carboxylic acids is 2. The van der Waals surface area contributed by atoms with Crippen molar-refractivity contribution < 1.29 is 23.6 Å². The lowest BCUT2D eigenvalue weighted by atomic mass is 10.1. The van der Waals surface area contributed by atoms with Crippen molar-refractivity contribution in [2.45, 2.75) is 13.8 Å². The number of benzene rings is 1. The van der Waals surface area contributed by atoms with Gasteiger partial charge in [-0.2, -0.15) is 0 Å². The van der Waals surface area contributed by atoms with Crippen LogP contribution in [0, 0.1) is 15.9 Å². The van der Waals surface area contributed by atoms with Gasteiger partial charge < -0.3 is 10.1 Å². The molecule has 1 aromatic carbocycles. The van der Waals surface area contributed by atoms with Gasteiger partial charge in [-0.25, -0.2) is 9.18 Å². The van der Waals surface area contributed by atoms with Crippen LogP contribution in [0.5, 0.6) is 0 Å². The zero-order chi connectivity index (χ0) is 14.6. The van der Waals surface area contributed by atoms with Crippen LogP contribution in [-0.2, 0) is 9.53 Å². The molecular formula is C11H11FN2O5. The van der Waals surface area contributed by atoms with E-state index < -0.39 is 33.9 Å². The first-order valence-corrected chi connectivity index (χ1v) is 5.29. The molecule has 19 heavy (non-hydrogen) atoms. The Morgan fingerprint density at radius 2 is 2.11 bits per heavy atom.